The van der Waals surface area contributed by atoms with E-state index in [0.717, 1.165) is 13.1 Å². The molecule has 0 bridgehead atoms. The van der Waals surface area contributed by atoms with E-state index in [1.165, 1.54) is 6.33 Å². The van der Waals surface area contributed by atoms with Gasteiger partial charge in [-0.25, -0.2) is 4.98 Å². The molecule has 0 unspecified atom stereocenters. The summed E-state index contributed by atoms with van der Waals surface area (Å²) in [7, 11) is 0. The van der Waals surface area contributed by atoms with Crippen molar-refractivity contribution in [3.05, 3.63) is 6.33 Å². The Kier molecular flexibility index (Phi) is 6.71. The lowest BCUT2D eigenvalue weighted by molar-refractivity contribution is -0.130. The highest BCUT2D eigenvalue weighted by atomic mass is 16.5. The van der Waals surface area contributed by atoms with Crippen molar-refractivity contribution in [3.63, 3.8) is 0 Å². The van der Waals surface area contributed by atoms with Crippen LogP contribution >= 0.6 is 0 Å². The van der Waals surface area contributed by atoms with E-state index in [-0.39, 0.29) is 12.0 Å². The molecule has 0 radical (unpaired) electrons. The number of ether oxygens (including phenoxy) is 1. The maximum atomic E-state index is 11.9. The van der Waals surface area contributed by atoms with Gasteiger partial charge in [0.05, 0.1) is 6.10 Å². The van der Waals surface area contributed by atoms with E-state index in [0.29, 0.717) is 30.4 Å². The maximum absolute atomic E-state index is 11.9. The van der Waals surface area contributed by atoms with E-state index in [1.54, 1.807) is 4.90 Å². The minimum atomic E-state index is -0.0145. The van der Waals surface area contributed by atoms with Crippen LogP contribution < -0.4 is 15.8 Å². The molecule has 0 aromatic carbocycles. The number of carbonyl (C=O) groups excluding carboxylic acids is 1. The third kappa shape index (κ3) is 5.09. The minimum absolute atomic E-state index is 0.0145. The molecule has 0 aliphatic heterocycles. The van der Waals surface area contributed by atoms with Crippen LogP contribution in [-0.2, 0) is 4.79 Å². The summed E-state index contributed by atoms with van der Waals surface area (Å²) in [6.07, 6.45) is 1.77. The first kappa shape index (κ1) is 17.0. The summed E-state index contributed by atoms with van der Waals surface area (Å²) >= 11 is 0. The predicted molar refractivity (Wildman–Crippen MR) is 83.2 cm³/mol. The summed E-state index contributed by atoms with van der Waals surface area (Å²) in [5, 5.41) is 3.06. The molecule has 0 atom stereocenters. The quantitative estimate of drug-likeness (QED) is 0.755. The number of nitrogens with two attached hydrogens (primary N) is 1. The van der Waals surface area contributed by atoms with Gasteiger partial charge in [0.2, 0.25) is 11.8 Å². The Morgan fingerprint density at radius 2 is 2.05 bits per heavy atom. The van der Waals surface area contributed by atoms with Crippen LogP contribution in [0.5, 0.6) is 5.88 Å². The maximum Gasteiger partial charge on any atom is 0.242 e. The van der Waals surface area contributed by atoms with E-state index in [2.05, 4.69) is 15.3 Å². The summed E-state index contributed by atoms with van der Waals surface area (Å²) < 4.78 is 5.49. The zero-order chi connectivity index (χ0) is 15.8. The molecular weight excluding hydrogens is 270 g/mol. The highest BCUT2D eigenvalue weighted by molar-refractivity contribution is 5.77. The monoisotopic (exact) mass is 295 g/mol. The fraction of sp³-hybridized carbons (Fsp3) is 0.643. The van der Waals surface area contributed by atoms with Crippen LogP contribution in [0, 0.1) is 0 Å². The van der Waals surface area contributed by atoms with Crippen LogP contribution in [0.15, 0.2) is 6.33 Å². The average Bonchev–Trinajstić information content (AvgIpc) is 2.43. The number of aromatic nitrogens is 2. The SMILES string of the molecule is CCN(CC)C(=O)CCNc1ncnc(OC(C)C)c1N. The molecule has 1 aromatic heterocycles. The third-order valence-corrected chi connectivity index (χ3v) is 2.94. The van der Waals surface area contributed by atoms with Gasteiger partial charge >= 0.3 is 0 Å². The van der Waals surface area contributed by atoms with Crippen molar-refractivity contribution in [1.29, 1.82) is 0 Å². The molecule has 0 aliphatic rings. The van der Waals surface area contributed by atoms with Crippen molar-refractivity contribution in [3.8, 4) is 5.88 Å². The highest BCUT2D eigenvalue weighted by Gasteiger charge is 2.12. The standard InChI is InChI=1S/C14H25N5O2/c1-5-19(6-2)11(20)7-8-16-13-12(15)14(18-9-17-13)21-10(3)4/h9-10H,5-8,15H2,1-4H3,(H,16,17,18). The van der Waals surface area contributed by atoms with Gasteiger partial charge in [-0.2, -0.15) is 4.98 Å². The molecule has 0 saturated heterocycles. The smallest absolute Gasteiger partial charge is 0.242 e. The molecule has 7 heteroatoms. The average molecular weight is 295 g/mol. The number of nitrogens with zero attached hydrogens (tertiary/aromatic N) is 3. The number of anilines is 2. The zero-order valence-corrected chi connectivity index (χ0v) is 13.2. The Hall–Kier alpha value is -2.05. The molecule has 3 N–H and O–H groups in total. The van der Waals surface area contributed by atoms with Gasteiger partial charge in [-0.05, 0) is 27.7 Å². The largest absolute Gasteiger partial charge is 0.473 e. The van der Waals surface area contributed by atoms with E-state index < -0.39 is 0 Å². The van der Waals surface area contributed by atoms with Crippen molar-refractivity contribution in [2.45, 2.75) is 40.2 Å². The summed E-state index contributed by atoms with van der Waals surface area (Å²) in [5.74, 6) is 0.962. The first-order chi connectivity index (χ1) is 9.99. The van der Waals surface area contributed by atoms with E-state index in [4.69, 9.17) is 10.5 Å². The molecule has 118 valence electrons. The molecule has 1 amide bonds. The Labute approximate surface area is 125 Å². The lowest BCUT2D eigenvalue weighted by atomic mass is 10.3. The molecule has 21 heavy (non-hydrogen) atoms. The second-order valence-corrected chi connectivity index (χ2v) is 4.85. The van der Waals surface area contributed by atoms with Gasteiger partial charge in [0.15, 0.2) is 5.82 Å². The summed E-state index contributed by atoms with van der Waals surface area (Å²) in [5.41, 5.74) is 6.32. The summed E-state index contributed by atoms with van der Waals surface area (Å²) in [6, 6.07) is 0. The molecule has 1 aromatic rings. The second-order valence-electron chi connectivity index (χ2n) is 4.85. The van der Waals surface area contributed by atoms with Crippen LogP contribution in [0.25, 0.3) is 0 Å². The van der Waals surface area contributed by atoms with E-state index >= 15 is 0 Å². The van der Waals surface area contributed by atoms with Crippen molar-refractivity contribution in [1.82, 2.24) is 14.9 Å². The van der Waals surface area contributed by atoms with Crippen LogP contribution in [0.4, 0.5) is 11.5 Å². The molecule has 0 saturated carbocycles. The number of carbonyl (C=O) groups is 1. The van der Waals surface area contributed by atoms with Crippen LogP contribution in [-0.4, -0.2) is 46.5 Å². The number of hydrogen-bond acceptors (Lipinski definition) is 6. The van der Waals surface area contributed by atoms with Crippen molar-refractivity contribution in [2.75, 3.05) is 30.7 Å². The van der Waals surface area contributed by atoms with Crippen molar-refractivity contribution >= 4 is 17.4 Å². The van der Waals surface area contributed by atoms with Crippen molar-refractivity contribution < 1.29 is 9.53 Å². The topological polar surface area (TPSA) is 93.4 Å². The fourth-order valence-electron chi connectivity index (χ4n) is 1.86. The van der Waals surface area contributed by atoms with Crippen molar-refractivity contribution in [2.24, 2.45) is 0 Å². The number of rotatable bonds is 8. The molecule has 0 fully saturated rings. The summed E-state index contributed by atoms with van der Waals surface area (Å²) in [6.45, 7) is 9.64. The molecule has 0 spiro atoms. The Balaban J connectivity index is 2.58. The third-order valence-electron chi connectivity index (χ3n) is 2.94. The first-order valence-corrected chi connectivity index (χ1v) is 7.28. The minimum Gasteiger partial charge on any atom is -0.473 e. The van der Waals surface area contributed by atoms with Gasteiger partial charge in [0.1, 0.15) is 12.0 Å². The molecule has 1 rings (SSSR count). The Morgan fingerprint density at radius 3 is 2.62 bits per heavy atom. The van der Waals surface area contributed by atoms with Gasteiger partial charge < -0.3 is 20.7 Å². The lowest BCUT2D eigenvalue weighted by Crippen LogP contribution is -2.31. The normalized spacial score (nSPS) is 10.5. The Morgan fingerprint density at radius 1 is 1.38 bits per heavy atom. The zero-order valence-electron chi connectivity index (χ0n) is 13.2. The first-order valence-electron chi connectivity index (χ1n) is 7.28. The number of nitrogens with one attached hydrogen (secondary N) is 1. The summed E-state index contributed by atoms with van der Waals surface area (Å²) in [4.78, 5) is 21.8. The number of nitrogen functional groups attached to an aromatic ring is 1. The molecular formula is C14H25N5O2. The highest BCUT2D eigenvalue weighted by Crippen LogP contribution is 2.25. The second kappa shape index (κ2) is 8.28. The predicted octanol–water partition coefficient (Wildman–Crippen LogP) is 1.52. The molecule has 1 heterocycles. The molecule has 7 nitrogen and oxygen atoms in total. The molecule has 0 aliphatic carbocycles. The van der Waals surface area contributed by atoms with Gasteiger partial charge in [0.25, 0.3) is 0 Å². The van der Waals surface area contributed by atoms with Crippen LogP contribution in [0.3, 0.4) is 0 Å². The van der Waals surface area contributed by atoms with E-state index in [1.807, 2.05) is 27.7 Å². The van der Waals surface area contributed by atoms with Gasteiger partial charge in [-0.1, -0.05) is 0 Å². The van der Waals surface area contributed by atoms with Gasteiger partial charge in [-0.3, -0.25) is 4.79 Å². The van der Waals surface area contributed by atoms with Gasteiger partial charge in [-0.15, -0.1) is 0 Å². The Bertz CT molecular complexity index is 461. The number of amides is 1. The van der Waals surface area contributed by atoms with Gasteiger partial charge in [0, 0.05) is 26.1 Å². The lowest BCUT2D eigenvalue weighted by Gasteiger charge is -2.19. The number of hydrogen-bond donors (Lipinski definition) is 2. The van der Waals surface area contributed by atoms with E-state index in [9.17, 15) is 4.79 Å². The van der Waals surface area contributed by atoms with Crippen LogP contribution in [0.1, 0.15) is 34.1 Å². The van der Waals surface area contributed by atoms with Crippen LogP contribution in [0.2, 0.25) is 0 Å². The fourth-order valence-corrected chi connectivity index (χ4v) is 1.86.